The maximum atomic E-state index is 13.6. The molecule has 0 radical (unpaired) electrons. The van der Waals surface area contributed by atoms with Crippen LogP contribution in [0.25, 0.3) is 11.3 Å². The van der Waals surface area contributed by atoms with Crippen molar-refractivity contribution in [2.24, 2.45) is 11.7 Å². The lowest BCUT2D eigenvalue weighted by Crippen LogP contribution is -2.54. The summed E-state index contributed by atoms with van der Waals surface area (Å²) in [6.45, 7) is 8.21. The van der Waals surface area contributed by atoms with Crippen molar-refractivity contribution >= 4 is 70.4 Å². The number of carbonyl (C=O) groups is 8. The number of morpholine rings is 1. The molecule has 6 rings (SSSR count). The van der Waals surface area contributed by atoms with E-state index in [9.17, 15) is 38.4 Å². The number of nitrogens with zero attached hydrogens (tertiary/aromatic N) is 5. The number of nitrogens with two attached hydrogens (primary N) is 2. The summed E-state index contributed by atoms with van der Waals surface area (Å²) in [6, 6.07) is 12.6. The summed E-state index contributed by atoms with van der Waals surface area (Å²) in [4.78, 5) is 117. The number of nitrogen functional groups attached to an aromatic ring is 1. The van der Waals surface area contributed by atoms with Gasteiger partial charge in [0, 0.05) is 62.2 Å². The number of primary amides is 1. The molecule has 0 aliphatic carbocycles. The maximum Gasteiger partial charge on any atom is 0.407 e. The van der Waals surface area contributed by atoms with Gasteiger partial charge in [0.2, 0.25) is 17.7 Å². The number of unbranched alkanes of at least 4 members (excludes halogenated alkanes) is 2. The Hall–Kier alpha value is -8.67. The van der Waals surface area contributed by atoms with Gasteiger partial charge in [0.05, 0.1) is 49.2 Å². The molecule has 1 unspecified atom stereocenters. The zero-order valence-corrected chi connectivity index (χ0v) is 42.7. The van der Waals surface area contributed by atoms with Crippen LogP contribution in [0.2, 0.25) is 0 Å². The summed E-state index contributed by atoms with van der Waals surface area (Å²) in [5, 5.41) is 16.3. The van der Waals surface area contributed by atoms with Crippen LogP contribution in [0.3, 0.4) is 0 Å². The molecule has 3 atom stereocenters. The van der Waals surface area contributed by atoms with Crippen LogP contribution < -0.4 is 53.0 Å². The van der Waals surface area contributed by atoms with Gasteiger partial charge < -0.3 is 62.5 Å². The monoisotopic (exact) mass is 1050 g/mol. The minimum atomic E-state index is -1.06. The van der Waals surface area contributed by atoms with Crippen LogP contribution in [0.1, 0.15) is 75.3 Å². The first-order valence-corrected chi connectivity index (χ1v) is 25.0. The molecule has 9 amide bonds. The normalized spacial score (nSPS) is 14.3. The van der Waals surface area contributed by atoms with E-state index in [0.717, 1.165) is 10.6 Å². The van der Waals surface area contributed by atoms with E-state index in [2.05, 4.69) is 51.8 Å². The lowest BCUT2D eigenvalue weighted by molar-refractivity contribution is -0.137. The first kappa shape index (κ1) is 56.6. The Kier molecular flexibility index (Phi) is 21.0. The molecular formula is C52H65N13O11. The van der Waals surface area contributed by atoms with E-state index in [1.54, 1.807) is 81.7 Å². The molecule has 4 heterocycles. The molecule has 1 fully saturated rings. The molecule has 2 aliphatic heterocycles. The van der Waals surface area contributed by atoms with Gasteiger partial charge >= 0.3 is 12.1 Å². The van der Waals surface area contributed by atoms with E-state index in [1.165, 1.54) is 18.3 Å². The lowest BCUT2D eigenvalue weighted by Gasteiger charge is -2.30. The van der Waals surface area contributed by atoms with Crippen molar-refractivity contribution in [3.8, 4) is 17.0 Å². The summed E-state index contributed by atoms with van der Waals surface area (Å²) >= 11 is 0. The Balaban J connectivity index is 0.929. The molecule has 24 heteroatoms. The number of urea groups is 1. The Morgan fingerprint density at radius 2 is 1.54 bits per heavy atom. The van der Waals surface area contributed by atoms with Crippen molar-refractivity contribution in [2.45, 2.75) is 84.1 Å². The first-order valence-electron chi connectivity index (χ1n) is 25.0. The van der Waals surface area contributed by atoms with Gasteiger partial charge in [-0.25, -0.2) is 19.6 Å². The number of alkyl carbamates (subject to hydrolysis) is 1. The summed E-state index contributed by atoms with van der Waals surface area (Å²) in [6.07, 6.45) is 8.10. The van der Waals surface area contributed by atoms with E-state index in [1.807, 2.05) is 6.07 Å². The molecule has 2 aromatic carbocycles. The zero-order valence-electron chi connectivity index (χ0n) is 42.7. The zero-order chi connectivity index (χ0) is 54.6. The number of amides is 9. The fraction of sp³-hybridized carbons (Fsp3) is 0.404. The third-order valence-electron chi connectivity index (χ3n) is 12.1. The number of nitrogens with one attached hydrogen (secondary N) is 6. The number of rotatable bonds is 26. The van der Waals surface area contributed by atoms with Crippen LogP contribution in [-0.4, -0.2) is 132 Å². The molecule has 404 valence electrons. The van der Waals surface area contributed by atoms with E-state index in [0.29, 0.717) is 85.9 Å². The quantitative estimate of drug-likeness (QED) is 0.0330. The number of pyridine rings is 1. The van der Waals surface area contributed by atoms with E-state index in [-0.39, 0.29) is 74.2 Å². The van der Waals surface area contributed by atoms with E-state index in [4.69, 9.17) is 25.7 Å². The van der Waals surface area contributed by atoms with Crippen molar-refractivity contribution in [3.63, 3.8) is 0 Å². The highest BCUT2D eigenvalue weighted by molar-refractivity contribution is 6.13. The second kappa shape index (κ2) is 28.1. The van der Waals surface area contributed by atoms with Crippen LogP contribution in [0, 0.1) is 5.92 Å². The maximum absolute atomic E-state index is 13.6. The van der Waals surface area contributed by atoms with Crippen molar-refractivity contribution in [2.75, 3.05) is 67.2 Å². The predicted octanol–water partition coefficient (Wildman–Crippen LogP) is 3.40. The number of anilines is 4. The molecule has 0 bridgehead atoms. The largest absolute Gasteiger partial charge is 0.489 e. The fourth-order valence-corrected chi connectivity index (χ4v) is 7.98. The van der Waals surface area contributed by atoms with Gasteiger partial charge in [-0.1, -0.05) is 32.4 Å². The number of carbonyl (C=O) groups excluding carboxylic acids is 8. The van der Waals surface area contributed by atoms with Gasteiger partial charge in [-0.15, -0.1) is 0 Å². The van der Waals surface area contributed by atoms with Gasteiger partial charge in [0.1, 0.15) is 30.5 Å². The van der Waals surface area contributed by atoms with Crippen LogP contribution >= 0.6 is 0 Å². The number of aromatic nitrogens is 3. The van der Waals surface area contributed by atoms with Gasteiger partial charge in [-0.05, 0) is 86.6 Å². The standard InChI is InChI=1S/C52H65N13O11/c1-32(2)45(63-42(66)9-5-4-6-23-65-43(67)18-19-44(65)68)49(70)61-38(8-7-21-56-51(54)72)48(69)59-36-14-10-34(11-15-36)31-75-52(73)58-28-33(3)76-37-16-12-35(13-17-37)39-30-57-47(53)46(60-39)50(71)62-40-29-55-22-20-41(40)64-24-26-74-27-25-64/h10-20,22,29-30,32-33,38,45H,4-9,21,23-28,31H2,1-3H3,(H2,53,57)(H,58,73)(H,59,69)(H,61,70)(H,62,71)(H,63,66)(H3,54,56,72)/t33?,38-,45-/m0/s1. The lowest BCUT2D eigenvalue weighted by atomic mass is 10.0. The minimum absolute atomic E-state index is 0.0329. The molecule has 2 aliphatic rings. The Morgan fingerprint density at radius 1 is 0.816 bits per heavy atom. The summed E-state index contributed by atoms with van der Waals surface area (Å²) in [7, 11) is 0. The highest BCUT2D eigenvalue weighted by atomic mass is 16.5. The second-order valence-electron chi connectivity index (χ2n) is 18.3. The van der Waals surface area contributed by atoms with Crippen LogP contribution in [0.15, 0.2) is 85.3 Å². The minimum Gasteiger partial charge on any atom is -0.489 e. The molecule has 10 N–H and O–H groups in total. The van der Waals surface area contributed by atoms with E-state index < -0.39 is 48.0 Å². The van der Waals surface area contributed by atoms with Crippen LogP contribution in [0.5, 0.6) is 5.75 Å². The smallest absolute Gasteiger partial charge is 0.407 e. The molecule has 0 saturated carbocycles. The molecular weight excluding hydrogens is 983 g/mol. The van der Waals surface area contributed by atoms with E-state index >= 15 is 0 Å². The molecule has 0 spiro atoms. The summed E-state index contributed by atoms with van der Waals surface area (Å²) in [5.41, 5.74) is 14.6. The van der Waals surface area contributed by atoms with Crippen LogP contribution in [-0.2, 0) is 40.1 Å². The Morgan fingerprint density at radius 3 is 2.24 bits per heavy atom. The highest BCUT2D eigenvalue weighted by Gasteiger charge is 2.29. The molecule has 2 aromatic heterocycles. The summed E-state index contributed by atoms with van der Waals surface area (Å²) < 4.78 is 16.9. The van der Waals surface area contributed by atoms with Crippen molar-refractivity contribution in [3.05, 3.63) is 96.6 Å². The first-order chi connectivity index (χ1) is 36.5. The number of hydrogen-bond acceptors (Lipinski definition) is 16. The SMILES string of the molecule is CC(CNC(=O)OCc1ccc(NC(=O)[C@H](CCCNC(N)=O)NC(=O)[C@@H](NC(=O)CCCCCN2C(=O)C=CC2=O)C(C)C)cc1)Oc1ccc(-c2cnc(N)c(C(=O)Nc3cnccc3N3CCOCC3)n2)cc1. The Labute approximate surface area is 439 Å². The van der Waals surface area contributed by atoms with Gasteiger partial charge in [0.15, 0.2) is 11.5 Å². The van der Waals surface area contributed by atoms with Crippen molar-refractivity contribution < 1.29 is 52.6 Å². The van der Waals surface area contributed by atoms with Crippen LogP contribution in [0.4, 0.5) is 32.5 Å². The average molecular weight is 1050 g/mol. The number of imide groups is 1. The molecule has 76 heavy (non-hydrogen) atoms. The third kappa shape index (κ3) is 17.2. The van der Waals surface area contributed by atoms with Crippen molar-refractivity contribution in [1.82, 2.24) is 41.1 Å². The number of benzene rings is 2. The average Bonchev–Trinajstić information content (AvgIpc) is 3.73. The predicted molar refractivity (Wildman–Crippen MR) is 280 cm³/mol. The molecule has 24 nitrogen and oxygen atoms in total. The highest BCUT2D eigenvalue weighted by Crippen LogP contribution is 2.27. The van der Waals surface area contributed by atoms with Crippen molar-refractivity contribution in [1.29, 1.82) is 0 Å². The molecule has 1 saturated heterocycles. The fourth-order valence-electron chi connectivity index (χ4n) is 7.98. The number of ether oxygens (including phenoxy) is 3. The van der Waals surface area contributed by atoms with Gasteiger partial charge in [-0.3, -0.25) is 38.7 Å². The topological polar surface area (TPSA) is 334 Å². The third-order valence-corrected chi connectivity index (χ3v) is 12.1. The van der Waals surface area contributed by atoms with Gasteiger partial charge in [-0.2, -0.15) is 0 Å². The molecule has 4 aromatic rings. The Bertz CT molecular complexity index is 2700. The number of hydrogen-bond donors (Lipinski definition) is 8. The second-order valence-corrected chi connectivity index (χ2v) is 18.3. The van der Waals surface area contributed by atoms with Gasteiger partial charge in [0.25, 0.3) is 17.7 Å². The summed E-state index contributed by atoms with van der Waals surface area (Å²) in [5.74, 6) is -2.60.